The van der Waals surface area contributed by atoms with Gasteiger partial charge in [0.15, 0.2) is 11.0 Å². The fraction of sp³-hybridized carbons (Fsp3) is 0.0500. The van der Waals surface area contributed by atoms with Crippen LogP contribution in [0.2, 0.25) is 5.02 Å². The summed E-state index contributed by atoms with van der Waals surface area (Å²) in [5, 5.41) is 13.8. The molecule has 7 nitrogen and oxygen atoms in total. The number of thiophene rings is 1. The number of halogens is 2. The number of carbonyl (C=O) groups excluding carboxylic acids is 1. The zero-order valence-electron chi connectivity index (χ0n) is 15.8. The van der Waals surface area contributed by atoms with Crippen LogP contribution in [0.5, 0.6) is 0 Å². The van der Waals surface area contributed by atoms with Gasteiger partial charge >= 0.3 is 0 Å². The van der Waals surface area contributed by atoms with Gasteiger partial charge < -0.3 is 0 Å². The number of hydrogen-bond acceptors (Lipinski definition) is 7. The normalized spacial score (nSPS) is 11.2. The average Bonchev–Trinajstić information content (AvgIpc) is 3.39. The highest BCUT2D eigenvalue weighted by Crippen LogP contribution is 2.28. The van der Waals surface area contributed by atoms with Crippen LogP contribution in [-0.4, -0.2) is 37.6 Å². The molecule has 0 radical (unpaired) electrons. The quantitative estimate of drug-likeness (QED) is 0.204. The Morgan fingerprint density at radius 3 is 2.65 bits per heavy atom. The van der Waals surface area contributed by atoms with Crippen LogP contribution in [0.3, 0.4) is 0 Å². The third-order valence-corrected chi connectivity index (χ3v) is 6.70. The molecule has 0 aliphatic rings. The van der Waals surface area contributed by atoms with Gasteiger partial charge in [0, 0.05) is 33.5 Å². The van der Waals surface area contributed by atoms with Crippen molar-refractivity contribution >= 4 is 62.8 Å². The molecular weight excluding hydrogens is 520 g/mol. The SMILES string of the molecule is O=C(CSc1nnc(-c2ccncc2)n1-c1ccc(Cl)cc1)N/N=C/c1ccc(Br)s1. The van der Waals surface area contributed by atoms with Gasteiger partial charge in [-0.1, -0.05) is 23.4 Å². The van der Waals surface area contributed by atoms with Gasteiger partial charge in [0.1, 0.15) is 0 Å². The first kappa shape index (κ1) is 21.7. The van der Waals surface area contributed by atoms with Gasteiger partial charge in [0.25, 0.3) is 5.91 Å². The lowest BCUT2D eigenvalue weighted by atomic mass is 10.2. The van der Waals surface area contributed by atoms with Crippen LogP contribution in [-0.2, 0) is 4.79 Å². The lowest BCUT2D eigenvalue weighted by Crippen LogP contribution is -2.19. The predicted molar refractivity (Wildman–Crippen MR) is 128 cm³/mol. The minimum atomic E-state index is -0.243. The molecule has 31 heavy (non-hydrogen) atoms. The molecule has 3 heterocycles. The maximum atomic E-state index is 12.2. The minimum Gasteiger partial charge on any atom is -0.272 e. The van der Waals surface area contributed by atoms with E-state index in [0.29, 0.717) is 16.0 Å². The Kier molecular flexibility index (Phi) is 7.13. The molecule has 1 N–H and O–H groups in total. The van der Waals surface area contributed by atoms with Crippen molar-refractivity contribution in [3.8, 4) is 17.1 Å². The Balaban J connectivity index is 1.51. The number of hydrazone groups is 1. The summed E-state index contributed by atoms with van der Waals surface area (Å²) in [6.07, 6.45) is 5.00. The Labute approximate surface area is 199 Å². The maximum absolute atomic E-state index is 12.2. The van der Waals surface area contributed by atoms with Crippen molar-refractivity contribution in [3.63, 3.8) is 0 Å². The standard InChI is InChI=1S/C20H14BrClN6OS2/c21-17-6-5-16(31-17)11-24-25-18(29)12-30-20-27-26-19(13-7-9-23-10-8-13)28(20)15-3-1-14(22)2-4-15/h1-11H,12H2,(H,25,29)/b24-11+. The van der Waals surface area contributed by atoms with Crippen LogP contribution in [0.15, 0.2) is 75.0 Å². The molecule has 156 valence electrons. The van der Waals surface area contributed by atoms with E-state index in [9.17, 15) is 4.79 Å². The number of pyridine rings is 1. The second kappa shape index (κ2) is 10.2. The van der Waals surface area contributed by atoms with Crippen LogP contribution in [0.25, 0.3) is 17.1 Å². The second-order valence-electron chi connectivity index (χ2n) is 6.08. The van der Waals surface area contributed by atoms with E-state index in [-0.39, 0.29) is 11.7 Å². The predicted octanol–water partition coefficient (Wildman–Crippen LogP) is 5.05. The van der Waals surface area contributed by atoms with Gasteiger partial charge in [0.05, 0.1) is 15.8 Å². The van der Waals surface area contributed by atoms with E-state index in [4.69, 9.17) is 11.6 Å². The molecule has 11 heteroatoms. The molecule has 0 saturated carbocycles. The molecule has 3 aromatic heterocycles. The lowest BCUT2D eigenvalue weighted by Gasteiger charge is -2.10. The van der Waals surface area contributed by atoms with Crippen LogP contribution in [0, 0.1) is 0 Å². The first-order chi connectivity index (χ1) is 15.1. The number of amides is 1. The fourth-order valence-corrected chi connectivity index (χ4v) is 4.77. The van der Waals surface area contributed by atoms with Crippen molar-refractivity contribution in [2.75, 3.05) is 5.75 Å². The first-order valence-electron chi connectivity index (χ1n) is 8.92. The van der Waals surface area contributed by atoms with Gasteiger partial charge in [-0.25, -0.2) is 5.43 Å². The van der Waals surface area contributed by atoms with Gasteiger partial charge in [-0.15, -0.1) is 21.5 Å². The summed E-state index contributed by atoms with van der Waals surface area (Å²) in [6, 6.07) is 14.9. The minimum absolute atomic E-state index is 0.132. The van der Waals surface area contributed by atoms with Gasteiger partial charge in [0.2, 0.25) is 0 Å². The van der Waals surface area contributed by atoms with Crippen LogP contribution in [0.4, 0.5) is 0 Å². The highest BCUT2D eigenvalue weighted by molar-refractivity contribution is 9.11. The molecule has 0 saturated heterocycles. The third kappa shape index (κ3) is 5.59. The monoisotopic (exact) mass is 532 g/mol. The van der Waals surface area contributed by atoms with E-state index in [1.807, 2.05) is 41.0 Å². The van der Waals surface area contributed by atoms with Crippen molar-refractivity contribution in [3.05, 3.63) is 74.6 Å². The number of nitrogens with zero attached hydrogens (tertiary/aromatic N) is 5. The Bertz CT molecular complexity index is 1210. The van der Waals surface area contributed by atoms with Crippen molar-refractivity contribution < 1.29 is 4.79 Å². The molecular formula is C20H14BrClN6OS2. The summed E-state index contributed by atoms with van der Waals surface area (Å²) in [7, 11) is 0. The molecule has 0 aliphatic heterocycles. The molecule has 1 amide bonds. The molecule has 0 unspecified atom stereocenters. The molecule has 4 aromatic rings. The second-order valence-corrected chi connectivity index (χ2v) is 9.95. The van der Waals surface area contributed by atoms with E-state index >= 15 is 0 Å². The number of rotatable bonds is 7. The first-order valence-corrected chi connectivity index (χ1v) is 11.9. The van der Waals surface area contributed by atoms with E-state index in [0.717, 1.165) is 19.9 Å². The van der Waals surface area contributed by atoms with Crippen LogP contribution >= 0.6 is 50.6 Å². The lowest BCUT2D eigenvalue weighted by molar-refractivity contribution is -0.118. The van der Waals surface area contributed by atoms with Gasteiger partial charge in [-0.3, -0.25) is 14.3 Å². The molecule has 0 bridgehead atoms. The van der Waals surface area contributed by atoms with Crippen molar-refractivity contribution in [1.82, 2.24) is 25.2 Å². The summed E-state index contributed by atoms with van der Waals surface area (Å²) in [4.78, 5) is 17.2. The number of thioether (sulfide) groups is 1. The number of carbonyl (C=O) groups is 1. The van der Waals surface area contributed by atoms with Gasteiger partial charge in [-0.05, 0) is 64.5 Å². The number of nitrogens with one attached hydrogen (secondary N) is 1. The summed E-state index contributed by atoms with van der Waals surface area (Å²) < 4.78 is 2.89. The summed E-state index contributed by atoms with van der Waals surface area (Å²) in [6.45, 7) is 0. The molecule has 0 fully saturated rings. The largest absolute Gasteiger partial charge is 0.272 e. The fourth-order valence-electron chi connectivity index (χ4n) is 2.60. The van der Waals surface area contributed by atoms with Crippen molar-refractivity contribution in [2.24, 2.45) is 5.10 Å². The van der Waals surface area contributed by atoms with Crippen LogP contribution < -0.4 is 5.43 Å². The maximum Gasteiger partial charge on any atom is 0.250 e. The van der Waals surface area contributed by atoms with Crippen LogP contribution in [0.1, 0.15) is 4.88 Å². The molecule has 0 atom stereocenters. The number of aromatic nitrogens is 4. The van der Waals surface area contributed by atoms with E-state index < -0.39 is 0 Å². The van der Waals surface area contributed by atoms with E-state index in [1.165, 1.54) is 23.1 Å². The molecule has 0 spiro atoms. The molecule has 4 rings (SSSR count). The van der Waals surface area contributed by atoms with Crippen molar-refractivity contribution in [1.29, 1.82) is 0 Å². The molecule has 0 aliphatic carbocycles. The Morgan fingerprint density at radius 2 is 1.94 bits per heavy atom. The summed E-state index contributed by atoms with van der Waals surface area (Å²) >= 11 is 12.2. The van der Waals surface area contributed by atoms with E-state index in [1.54, 1.807) is 30.7 Å². The summed E-state index contributed by atoms with van der Waals surface area (Å²) in [5.41, 5.74) is 4.23. The number of hydrogen-bond donors (Lipinski definition) is 1. The topological polar surface area (TPSA) is 85.1 Å². The molecule has 1 aromatic carbocycles. The van der Waals surface area contributed by atoms with Gasteiger partial charge in [-0.2, -0.15) is 5.10 Å². The Hall–Kier alpha value is -2.53. The smallest absolute Gasteiger partial charge is 0.250 e. The number of benzene rings is 1. The zero-order chi connectivity index (χ0) is 21.6. The van der Waals surface area contributed by atoms with Crippen molar-refractivity contribution in [2.45, 2.75) is 5.16 Å². The summed E-state index contributed by atoms with van der Waals surface area (Å²) in [5.74, 6) is 0.537. The zero-order valence-corrected chi connectivity index (χ0v) is 19.7. The van der Waals surface area contributed by atoms with E-state index in [2.05, 4.69) is 41.6 Å². The third-order valence-electron chi connectivity index (χ3n) is 3.96. The Morgan fingerprint density at radius 1 is 1.16 bits per heavy atom. The highest BCUT2D eigenvalue weighted by atomic mass is 79.9. The average molecular weight is 534 g/mol. The highest BCUT2D eigenvalue weighted by Gasteiger charge is 2.17.